The smallest absolute Gasteiger partial charge is 0.106 e. The third kappa shape index (κ3) is 1.81. The van der Waals surface area contributed by atoms with Gasteiger partial charge in [-0.05, 0) is 23.8 Å². The first-order chi connectivity index (χ1) is 6.71. The molecule has 1 fully saturated rings. The van der Waals surface area contributed by atoms with Crippen LogP contribution in [0.4, 0.5) is 0 Å². The number of hydrogen-bond donors (Lipinski definition) is 1. The van der Waals surface area contributed by atoms with E-state index in [1.807, 2.05) is 6.07 Å². The van der Waals surface area contributed by atoms with E-state index < -0.39 is 0 Å². The fourth-order valence-electron chi connectivity index (χ4n) is 2.14. The fourth-order valence-corrected chi connectivity index (χ4v) is 2.14. The maximum atomic E-state index is 5.83. The number of ether oxygens (including phenoxy) is 1. The average molecular weight is 191 g/mol. The molecule has 0 amide bonds. The van der Waals surface area contributed by atoms with Crippen molar-refractivity contribution in [1.82, 2.24) is 0 Å². The largest absolute Gasteiger partial charge is 0.364 e. The molecule has 1 aromatic rings. The van der Waals surface area contributed by atoms with Crippen molar-refractivity contribution in [3.8, 4) is 0 Å². The molecule has 0 bridgehead atoms. The van der Waals surface area contributed by atoms with Gasteiger partial charge in [0.05, 0.1) is 0 Å². The Bertz CT molecular complexity index is 298. The second-order valence-electron chi connectivity index (χ2n) is 4.29. The van der Waals surface area contributed by atoms with Gasteiger partial charge < -0.3 is 10.5 Å². The molecule has 2 unspecified atom stereocenters. The molecule has 2 nitrogen and oxygen atoms in total. The Labute approximate surface area is 85.1 Å². The van der Waals surface area contributed by atoms with Crippen LogP contribution in [0.5, 0.6) is 0 Å². The number of hydrogen-bond acceptors (Lipinski definition) is 2. The quantitative estimate of drug-likeness (QED) is 0.737. The molecule has 0 aliphatic carbocycles. The summed E-state index contributed by atoms with van der Waals surface area (Å²) in [5.74, 6) is 0. The maximum Gasteiger partial charge on any atom is 0.106 e. The van der Waals surface area contributed by atoms with Gasteiger partial charge in [0.25, 0.3) is 0 Å². The molecule has 0 aromatic heterocycles. The molecule has 2 rings (SSSR count). The van der Waals surface area contributed by atoms with Crippen LogP contribution in [0.2, 0.25) is 0 Å². The van der Waals surface area contributed by atoms with E-state index in [0.717, 1.165) is 19.4 Å². The Morgan fingerprint density at radius 2 is 2.07 bits per heavy atom. The molecule has 1 aliphatic rings. The molecule has 2 heteroatoms. The summed E-state index contributed by atoms with van der Waals surface area (Å²) in [6.07, 6.45) is 1.87. The second kappa shape index (κ2) is 3.71. The predicted octanol–water partition coefficient (Wildman–Crippen LogP) is 2.04. The van der Waals surface area contributed by atoms with E-state index in [1.165, 1.54) is 5.56 Å². The van der Waals surface area contributed by atoms with Gasteiger partial charge in [-0.15, -0.1) is 0 Å². The van der Waals surface area contributed by atoms with E-state index in [9.17, 15) is 0 Å². The minimum atomic E-state index is -0.103. The molecular weight excluding hydrogens is 174 g/mol. The highest BCUT2D eigenvalue weighted by molar-refractivity contribution is 5.25. The van der Waals surface area contributed by atoms with E-state index in [4.69, 9.17) is 10.5 Å². The standard InChI is InChI=1S/C12H17NO/c1-12(7-8-14-11(13)9-12)10-5-3-2-4-6-10/h2-6,11H,7-9,13H2,1H3. The minimum Gasteiger partial charge on any atom is -0.364 e. The highest BCUT2D eigenvalue weighted by Gasteiger charge is 2.32. The third-order valence-corrected chi connectivity index (χ3v) is 3.11. The minimum absolute atomic E-state index is 0.103. The third-order valence-electron chi connectivity index (χ3n) is 3.11. The molecule has 14 heavy (non-hydrogen) atoms. The summed E-state index contributed by atoms with van der Waals surface area (Å²) in [6.45, 7) is 3.04. The Hall–Kier alpha value is -0.860. The monoisotopic (exact) mass is 191 g/mol. The summed E-state index contributed by atoms with van der Waals surface area (Å²) >= 11 is 0. The summed E-state index contributed by atoms with van der Waals surface area (Å²) in [4.78, 5) is 0. The Balaban J connectivity index is 2.23. The van der Waals surface area contributed by atoms with Crippen LogP contribution in [0.25, 0.3) is 0 Å². The van der Waals surface area contributed by atoms with Crippen LogP contribution < -0.4 is 5.73 Å². The topological polar surface area (TPSA) is 35.2 Å². The van der Waals surface area contributed by atoms with E-state index in [-0.39, 0.29) is 11.6 Å². The van der Waals surface area contributed by atoms with E-state index in [2.05, 4.69) is 31.2 Å². The van der Waals surface area contributed by atoms with Crippen LogP contribution in [0.15, 0.2) is 30.3 Å². The molecule has 1 aliphatic heterocycles. The number of rotatable bonds is 1. The molecule has 1 aromatic carbocycles. The molecule has 0 spiro atoms. The fraction of sp³-hybridized carbons (Fsp3) is 0.500. The zero-order valence-electron chi connectivity index (χ0n) is 8.57. The van der Waals surface area contributed by atoms with Gasteiger partial charge in [0, 0.05) is 6.61 Å². The van der Waals surface area contributed by atoms with Crippen LogP contribution in [0.3, 0.4) is 0 Å². The lowest BCUT2D eigenvalue weighted by molar-refractivity contribution is -0.0126. The van der Waals surface area contributed by atoms with Crippen LogP contribution in [0, 0.1) is 0 Å². The van der Waals surface area contributed by atoms with Crippen molar-refractivity contribution in [2.45, 2.75) is 31.4 Å². The van der Waals surface area contributed by atoms with Crippen molar-refractivity contribution in [3.05, 3.63) is 35.9 Å². The van der Waals surface area contributed by atoms with E-state index in [0.29, 0.717) is 0 Å². The van der Waals surface area contributed by atoms with E-state index in [1.54, 1.807) is 0 Å². The van der Waals surface area contributed by atoms with Crippen LogP contribution >= 0.6 is 0 Å². The van der Waals surface area contributed by atoms with Gasteiger partial charge in [0.1, 0.15) is 6.23 Å². The first-order valence-corrected chi connectivity index (χ1v) is 5.13. The lowest BCUT2D eigenvalue weighted by Gasteiger charge is -2.37. The van der Waals surface area contributed by atoms with Crippen molar-refractivity contribution in [2.24, 2.45) is 5.73 Å². The summed E-state index contributed by atoms with van der Waals surface area (Å²) in [5, 5.41) is 0. The zero-order chi connectivity index (χ0) is 10.0. The highest BCUT2D eigenvalue weighted by Crippen LogP contribution is 2.35. The predicted molar refractivity (Wildman–Crippen MR) is 57.0 cm³/mol. The molecule has 2 atom stereocenters. The number of benzene rings is 1. The van der Waals surface area contributed by atoms with Gasteiger partial charge >= 0.3 is 0 Å². The molecule has 0 radical (unpaired) electrons. The van der Waals surface area contributed by atoms with Crippen molar-refractivity contribution in [3.63, 3.8) is 0 Å². The lowest BCUT2D eigenvalue weighted by atomic mass is 9.75. The molecule has 1 saturated heterocycles. The van der Waals surface area contributed by atoms with Crippen LogP contribution in [-0.2, 0) is 10.2 Å². The summed E-state index contributed by atoms with van der Waals surface area (Å²) in [7, 11) is 0. The summed E-state index contributed by atoms with van der Waals surface area (Å²) in [5.41, 5.74) is 7.39. The zero-order valence-corrected chi connectivity index (χ0v) is 8.57. The van der Waals surface area contributed by atoms with Crippen molar-refractivity contribution >= 4 is 0 Å². The van der Waals surface area contributed by atoms with Gasteiger partial charge in [-0.1, -0.05) is 37.3 Å². The Morgan fingerprint density at radius 1 is 1.36 bits per heavy atom. The lowest BCUT2D eigenvalue weighted by Crippen LogP contribution is -2.40. The summed E-state index contributed by atoms with van der Waals surface area (Å²) in [6, 6.07) is 10.6. The van der Waals surface area contributed by atoms with Crippen molar-refractivity contribution in [1.29, 1.82) is 0 Å². The first kappa shape index (κ1) is 9.69. The normalized spacial score (nSPS) is 32.9. The molecular formula is C12H17NO. The molecule has 1 heterocycles. The highest BCUT2D eigenvalue weighted by atomic mass is 16.5. The molecule has 0 saturated carbocycles. The second-order valence-corrected chi connectivity index (χ2v) is 4.29. The molecule has 76 valence electrons. The average Bonchev–Trinajstić information content (AvgIpc) is 2.19. The van der Waals surface area contributed by atoms with Gasteiger partial charge in [0.15, 0.2) is 0 Å². The van der Waals surface area contributed by atoms with Crippen LogP contribution in [-0.4, -0.2) is 12.8 Å². The number of nitrogens with two attached hydrogens (primary N) is 1. The van der Waals surface area contributed by atoms with Gasteiger partial charge in [-0.3, -0.25) is 0 Å². The SMILES string of the molecule is CC1(c2ccccc2)CCOC(N)C1. The van der Waals surface area contributed by atoms with Crippen molar-refractivity contribution in [2.75, 3.05) is 6.61 Å². The van der Waals surface area contributed by atoms with Gasteiger partial charge in [-0.2, -0.15) is 0 Å². The maximum absolute atomic E-state index is 5.83. The van der Waals surface area contributed by atoms with Gasteiger partial charge in [-0.25, -0.2) is 0 Å². The Morgan fingerprint density at radius 3 is 2.71 bits per heavy atom. The van der Waals surface area contributed by atoms with Gasteiger partial charge in [0.2, 0.25) is 0 Å². The molecule has 2 N–H and O–H groups in total. The van der Waals surface area contributed by atoms with Crippen molar-refractivity contribution < 1.29 is 4.74 Å². The Kier molecular flexibility index (Phi) is 2.57. The summed E-state index contributed by atoms with van der Waals surface area (Å²) < 4.78 is 5.37. The van der Waals surface area contributed by atoms with E-state index >= 15 is 0 Å². The van der Waals surface area contributed by atoms with Crippen LogP contribution in [0.1, 0.15) is 25.3 Å². The first-order valence-electron chi connectivity index (χ1n) is 5.13.